The van der Waals surface area contributed by atoms with Crippen LogP contribution in [-0.2, 0) is 17.8 Å². The first-order valence-corrected chi connectivity index (χ1v) is 10.5. The number of nitrogens with one attached hydrogen (secondary N) is 1. The molecule has 1 saturated heterocycles. The van der Waals surface area contributed by atoms with Gasteiger partial charge in [0.1, 0.15) is 5.01 Å². The Labute approximate surface area is 167 Å². The maximum Gasteiger partial charge on any atom is 0.227 e. The largest absolute Gasteiger partial charge is 0.361 e. The van der Waals surface area contributed by atoms with Gasteiger partial charge in [-0.1, -0.05) is 30.3 Å². The van der Waals surface area contributed by atoms with Gasteiger partial charge in [0.2, 0.25) is 5.91 Å². The monoisotopic (exact) mass is 390 g/mol. The Hall–Kier alpha value is -2.70. The lowest BCUT2D eigenvalue weighted by Gasteiger charge is -2.34. The van der Waals surface area contributed by atoms with Gasteiger partial charge in [-0.15, -0.1) is 11.3 Å². The van der Waals surface area contributed by atoms with E-state index in [0.29, 0.717) is 6.42 Å². The van der Waals surface area contributed by atoms with Crippen molar-refractivity contribution in [2.45, 2.75) is 13.0 Å². The van der Waals surface area contributed by atoms with Crippen LogP contribution in [0.2, 0.25) is 0 Å². The molecule has 142 valence electrons. The standard InChI is InChI=1S/C22H22N4OS/c27-22(13-16-14-23-18-6-2-1-5-17(16)18)26-11-9-25(10-12-26)15-21-24-19-7-3-4-8-20(19)28-21/h1-8,14,23H,9-13,15H2. The number of aromatic nitrogens is 2. The Morgan fingerprint density at radius 1 is 1.04 bits per heavy atom. The summed E-state index contributed by atoms with van der Waals surface area (Å²) in [6, 6.07) is 16.4. The van der Waals surface area contributed by atoms with Crippen LogP contribution in [0, 0.1) is 0 Å². The summed E-state index contributed by atoms with van der Waals surface area (Å²) in [7, 11) is 0. The minimum Gasteiger partial charge on any atom is -0.361 e. The number of para-hydroxylation sites is 2. The van der Waals surface area contributed by atoms with Gasteiger partial charge in [0.25, 0.3) is 0 Å². The fraction of sp³-hybridized carbons (Fsp3) is 0.273. The van der Waals surface area contributed by atoms with Crippen molar-refractivity contribution in [3.05, 3.63) is 65.3 Å². The maximum absolute atomic E-state index is 12.8. The van der Waals surface area contributed by atoms with E-state index in [2.05, 4.69) is 34.1 Å². The third kappa shape index (κ3) is 3.41. The van der Waals surface area contributed by atoms with Crippen LogP contribution in [0.3, 0.4) is 0 Å². The third-order valence-corrected chi connectivity index (χ3v) is 6.46. The molecule has 5 nitrogen and oxygen atoms in total. The highest BCUT2D eigenvalue weighted by molar-refractivity contribution is 7.18. The van der Waals surface area contributed by atoms with E-state index in [1.54, 1.807) is 11.3 Å². The zero-order chi connectivity index (χ0) is 18.9. The third-order valence-electron chi connectivity index (χ3n) is 5.44. The van der Waals surface area contributed by atoms with Crippen LogP contribution in [-0.4, -0.2) is 51.9 Å². The van der Waals surface area contributed by atoms with Gasteiger partial charge in [0.05, 0.1) is 23.2 Å². The van der Waals surface area contributed by atoms with Crippen LogP contribution in [0.4, 0.5) is 0 Å². The van der Waals surface area contributed by atoms with E-state index in [9.17, 15) is 4.79 Å². The second-order valence-corrected chi connectivity index (χ2v) is 8.38. The number of rotatable bonds is 4. The van der Waals surface area contributed by atoms with Crippen LogP contribution >= 0.6 is 11.3 Å². The molecule has 1 N–H and O–H groups in total. The van der Waals surface area contributed by atoms with E-state index in [4.69, 9.17) is 4.98 Å². The molecular weight excluding hydrogens is 368 g/mol. The quantitative estimate of drug-likeness (QED) is 0.579. The SMILES string of the molecule is O=C(Cc1c[nH]c2ccccc12)N1CCN(Cc2nc3ccccc3s2)CC1. The zero-order valence-corrected chi connectivity index (χ0v) is 16.4. The fourth-order valence-electron chi connectivity index (χ4n) is 3.89. The number of benzene rings is 2. The Morgan fingerprint density at radius 2 is 1.82 bits per heavy atom. The number of H-pyrrole nitrogens is 1. The lowest BCUT2D eigenvalue weighted by molar-refractivity contribution is -0.132. The summed E-state index contributed by atoms with van der Waals surface area (Å²) in [5.41, 5.74) is 3.25. The number of carbonyl (C=O) groups excluding carboxylic acids is 1. The molecule has 1 aliphatic rings. The second-order valence-electron chi connectivity index (χ2n) is 7.27. The van der Waals surface area contributed by atoms with Crippen molar-refractivity contribution < 1.29 is 4.79 Å². The van der Waals surface area contributed by atoms with Gasteiger partial charge in [-0.05, 0) is 23.8 Å². The highest BCUT2D eigenvalue weighted by atomic mass is 32.1. The Balaban J connectivity index is 1.19. The minimum absolute atomic E-state index is 0.212. The summed E-state index contributed by atoms with van der Waals surface area (Å²) >= 11 is 1.77. The number of amides is 1. The number of hydrogen-bond acceptors (Lipinski definition) is 4. The molecule has 0 saturated carbocycles. The minimum atomic E-state index is 0.212. The van der Waals surface area contributed by atoms with Gasteiger partial charge in [0.15, 0.2) is 0 Å². The molecule has 2 aromatic heterocycles. The molecule has 3 heterocycles. The van der Waals surface area contributed by atoms with Crippen molar-refractivity contribution in [3.63, 3.8) is 0 Å². The molecule has 5 rings (SSSR count). The summed E-state index contributed by atoms with van der Waals surface area (Å²) in [6.45, 7) is 4.23. The first-order chi connectivity index (χ1) is 13.8. The van der Waals surface area contributed by atoms with Crippen molar-refractivity contribution in [1.29, 1.82) is 0 Å². The number of aromatic amines is 1. The normalized spacial score (nSPS) is 15.5. The van der Waals surface area contributed by atoms with E-state index in [-0.39, 0.29) is 5.91 Å². The van der Waals surface area contributed by atoms with E-state index < -0.39 is 0 Å². The Bertz CT molecular complexity index is 1090. The molecule has 1 fully saturated rings. The predicted octanol–water partition coefficient (Wildman–Crippen LogP) is 3.66. The van der Waals surface area contributed by atoms with Crippen molar-refractivity contribution in [2.24, 2.45) is 0 Å². The highest BCUT2D eigenvalue weighted by Crippen LogP contribution is 2.23. The van der Waals surface area contributed by atoms with Crippen LogP contribution < -0.4 is 0 Å². The molecule has 0 bridgehead atoms. The number of nitrogens with zero attached hydrogens (tertiary/aromatic N) is 3. The van der Waals surface area contributed by atoms with Crippen molar-refractivity contribution in [3.8, 4) is 0 Å². The molecule has 0 radical (unpaired) electrons. The van der Waals surface area contributed by atoms with Crippen LogP contribution in [0.1, 0.15) is 10.6 Å². The molecule has 28 heavy (non-hydrogen) atoms. The lowest BCUT2D eigenvalue weighted by Crippen LogP contribution is -2.48. The summed E-state index contributed by atoms with van der Waals surface area (Å²) in [4.78, 5) is 25.2. The van der Waals surface area contributed by atoms with E-state index in [1.165, 1.54) is 4.70 Å². The van der Waals surface area contributed by atoms with E-state index >= 15 is 0 Å². The van der Waals surface area contributed by atoms with Gasteiger partial charge in [0, 0.05) is 43.3 Å². The first kappa shape index (κ1) is 17.4. The summed E-state index contributed by atoms with van der Waals surface area (Å²) in [5.74, 6) is 0.212. The maximum atomic E-state index is 12.8. The number of thiazole rings is 1. The molecule has 0 unspecified atom stereocenters. The Morgan fingerprint density at radius 3 is 2.68 bits per heavy atom. The molecule has 0 atom stereocenters. The van der Waals surface area contributed by atoms with Gasteiger partial charge in [-0.3, -0.25) is 9.69 Å². The average molecular weight is 391 g/mol. The topological polar surface area (TPSA) is 52.2 Å². The number of piperazine rings is 1. The zero-order valence-electron chi connectivity index (χ0n) is 15.6. The molecule has 1 amide bonds. The molecule has 4 aromatic rings. The molecular formula is C22H22N4OS. The first-order valence-electron chi connectivity index (χ1n) is 9.66. The molecule has 1 aliphatic heterocycles. The average Bonchev–Trinajstić information content (AvgIpc) is 3.32. The molecule has 0 spiro atoms. The van der Waals surface area contributed by atoms with Crippen LogP contribution in [0.5, 0.6) is 0 Å². The second kappa shape index (κ2) is 7.37. The van der Waals surface area contributed by atoms with Gasteiger partial charge >= 0.3 is 0 Å². The van der Waals surface area contributed by atoms with Crippen molar-refractivity contribution in [1.82, 2.24) is 19.8 Å². The molecule has 6 heteroatoms. The van der Waals surface area contributed by atoms with E-state index in [0.717, 1.165) is 59.7 Å². The fourth-order valence-corrected chi connectivity index (χ4v) is 4.90. The predicted molar refractivity (Wildman–Crippen MR) is 113 cm³/mol. The van der Waals surface area contributed by atoms with Gasteiger partial charge < -0.3 is 9.88 Å². The van der Waals surface area contributed by atoms with E-state index in [1.807, 2.05) is 35.4 Å². The summed E-state index contributed by atoms with van der Waals surface area (Å²) < 4.78 is 1.24. The van der Waals surface area contributed by atoms with Crippen molar-refractivity contribution in [2.75, 3.05) is 26.2 Å². The number of hydrogen-bond donors (Lipinski definition) is 1. The van der Waals surface area contributed by atoms with Crippen molar-refractivity contribution >= 4 is 38.4 Å². The summed E-state index contributed by atoms with van der Waals surface area (Å²) in [5, 5.41) is 2.30. The van der Waals surface area contributed by atoms with Crippen LogP contribution in [0.15, 0.2) is 54.7 Å². The van der Waals surface area contributed by atoms with Crippen LogP contribution in [0.25, 0.3) is 21.1 Å². The highest BCUT2D eigenvalue weighted by Gasteiger charge is 2.22. The smallest absolute Gasteiger partial charge is 0.227 e. The van der Waals surface area contributed by atoms with Gasteiger partial charge in [-0.25, -0.2) is 4.98 Å². The summed E-state index contributed by atoms with van der Waals surface area (Å²) in [6.07, 6.45) is 2.42. The number of carbonyl (C=O) groups is 1. The Kier molecular flexibility index (Phi) is 4.58. The molecule has 2 aromatic carbocycles. The number of fused-ring (bicyclic) bond motifs is 2. The lowest BCUT2D eigenvalue weighted by atomic mass is 10.1. The molecule has 0 aliphatic carbocycles. The van der Waals surface area contributed by atoms with Gasteiger partial charge in [-0.2, -0.15) is 0 Å².